The first-order valence-electron chi connectivity index (χ1n) is 10.4. The van der Waals surface area contributed by atoms with Crippen molar-refractivity contribution in [2.24, 2.45) is 7.05 Å². The Hall–Kier alpha value is -3.68. The topological polar surface area (TPSA) is 77.3 Å². The summed E-state index contributed by atoms with van der Waals surface area (Å²) in [6, 6.07) is 15.3. The van der Waals surface area contributed by atoms with Crippen molar-refractivity contribution in [1.82, 2.24) is 19.7 Å². The van der Waals surface area contributed by atoms with E-state index >= 15 is 0 Å². The van der Waals surface area contributed by atoms with E-state index in [0.29, 0.717) is 24.7 Å². The minimum atomic E-state index is -0.313. The van der Waals surface area contributed by atoms with E-state index in [1.165, 1.54) is 0 Å². The van der Waals surface area contributed by atoms with Gasteiger partial charge in [-0.05, 0) is 53.8 Å². The molecule has 3 heterocycles. The fourth-order valence-corrected chi connectivity index (χ4v) is 4.08. The molecule has 0 atom stereocenters. The molecule has 31 heavy (non-hydrogen) atoms. The highest BCUT2D eigenvalue weighted by Crippen LogP contribution is 2.27. The van der Waals surface area contributed by atoms with Crippen LogP contribution in [0.4, 0.5) is 4.79 Å². The molecule has 2 aromatic heterocycles. The van der Waals surface area contributed by atoms with Crippen molar-refractivity contribution in [1.29, 1.82) is 0 Å². The molecule has 0 spiro atoms. The van der Waals surface area contributed by atoms with E-state index in [0.717, 1.165) is 35.1 Å². The number of carbonyl (C=O) groups is 1. The number of aryl methyl sites for hydroxylation is 2. The third-order valence-electron chi connectivity index (χ3n) is 5.81. The molecule has 0 bridgehead atoms. The van der Waals surface area contributed by atoms with E-state index in [1.54, 1.807) is 28.1 Å². The molecule has 1 aliphatic heterocycles. The second-order valence-corrected chi connectivity index (χ2v) is 7.85. The number of aromatic nitrogens is 4. The Balaban J connectivity index is 1.25. The third-order valence-corrected chi connectivity index (χ3v) is 5.81. The van der Waals surface area contributed by atoms with Crippen molar-refractivity contribution in [2.75, 3.05) is 13.1 Å². The summed E-state index contributed by atoms with van der Waals surface area (Å²) < 4.78 is 15.0. The lowest BCUT2D eigenvalue weighted by Crippen LogP contribution is -2.39. The number of hydrogen-bond donors (Lipinski definition) is 0. The molecule has 2 aromatic carbocycles. The molecule has 0 unspecified atom stereocenters. The van der Waals surface area contributed by atoms with Gasteiger partial charge in [0.25, 0.3) is 0 Å². The average Bonchev–Trinajstić information content (AvgIpc) is 3.39. The van der Waals surface area contributed by atoms with E-state index in [1.807, 2.05) is 49.0 Å². The van der Waals surface area contributed by atoms with Gasteiger partial charge >= 0.3 is 18.3 Å². The summed E-state index contributed by atoms with van der Waals surface area (Å²) in [5.74, 6) is 1.42. The predicted molar refractivity (Wildman–Crippen MR) is 113 cm³/mol. The molecule has 5 rings (SSSR count). The van der Waals surface area contributed by atoms with Crippen LogP contribution in [0, 0.1) is 6.92 Å². The molecule has 1 aliphatic rings. The zero-order valence-electron chi connectivity index (χ0n) is 17.6. The number of piperidine rings is 1. The van der Waals surface area contributed by atoms with Gasteiger partial charge in [0.2, 0.25) is 0 Å². The predicted octanol–water partition coefficient (Wildman–Crippen LogP) is 3.52. The quantitative estimate of drug-likeness (QED) is 0.476. The van der Waals surface area contributed by atoms with E-state index in [4.69, 9.17) is 9.26 Å². The van der Waals surface area contributed by atoms with Crippen LogP contribution < -0.4 is 9.48 Å². The maximum Gasteiger partial charge on any atom is 0.415 e. The van der Waals surface area contributed by atoms with Gasteiger partial charge in [-0.15, -0.1) is 0 Å². The standard InChI is InChI=1S/C23H24N5O3/c1-16-20-9-8-18(14-21(20)26(2)25-16)28-15-24-22(31-28)17-10-12-27(13-11-17)23(29)30-19-6-4-3-5-7-19/h3-9,14-15,17H,10-13H2,1-2H3/q+1. The number of hydrogen-bond acceptors (Lipinski definition) is 5. The molecular weight excluding hydrogens is 394 g/mol. The van der Waals surface area contributed by atoms with E-state index in [-0.39, 0.29) is 12.0 Å². The van der Waals surface area contributed by atoms with Crippen molar-refractivity contribution in [3.05, 3.63) is 66.4 Å². The molecule has 1 saturated heterocycles. The molecule has 0 saturated carbocycles. The van der Waals surface area contributed by atoms with Crippen LogP contribution in [0.2, 0.25) is 0 Å². The van der Waals surface area contributed by atoms with Crippen LogP contribution in [0.25, 0.3) is 16.6 Å². The lowest BCUT2D eigenvalue weighted by molar-refractivity contribution is -0.786. The number of fused-ring (bicyclic) bond motifs is 1. The molecule has 1 amide bonds. The number of amides is 1. The highest BCUT2D eigenvalue weighted by molar-refractivity contribution is 5.83. The zero-order valence-corrected chi connectivity index (χ0v) is 17.6. The zero-order chi connectivity index (χ0) is 21.4. The molecule has 0 N–H and O–H groups in total. The first kappa shape index (κ1) is 19.3. The summed E-state index contributed by atoms with van der Waals surface area (Å²) in [4.78, 5) is 18.6. The highest BCUT2D eigenvalue weighted by atomic mass is 16.6. The van der Waals surface area contributed by atoms with Gasteiger partial charge in [0.15, 0.2) is 5.69 Å². The molecule has 158 valence electrons. The van der Waals surface area contributed by atoms with Crippen LogP contribution >= 0.6 is 0 Å². The Labute approximate surface area is 179 Å². The summed E-state index contributed by atoms with van der Waals surface area (Å²) in [6.45, 7) is 3.22. The summed E-state index contributed by atoms with van der Waals surface area (Å²) in [5, 5.41) is 5.60. The monoisotopic (exact) mass is 418 g/mol. The fourth-order valence-electron chi connectivity index (χ4n) is 4.08. The van der Waals surface area contributed by atoms with Crippen LogP contribution in [-0.4, -0.2) is 38.8 Å². The maximum atomic E-state index is 12.4. The van der Waals surface area contributed by atoms with Crippen molar-refractivity contribution in [3.63, 3.8) is 0 Å². The van der Waals surface area contributed by atoms with Crippen molar-refractivity contribution >= 4 is 17.0 Å². The molecule has 0 radical (unpaired) electrons. The summed E-state index contributed by atoms with van der Waals surface area (Å²) >= 11 is 0. The first-order chi connectivity index (χ1) is 15.1. The number of ether oxygens (including phenoxy) is 1. The van der Waals surface area contributed by atoms with Gasteiger partial charge in [0.1, 0.15) is 5.75 Å². The molecular formula is C23H24N5O3+. The van der Waals surface area contributed by atoms with Crippen molar-refractivity contribution < 1.29 is 18.8 Å². The van der Waals surface area contributed by atoms with Gasteiger partial charge in [-0.3, -0.25) is 9.20 Å². The fraction of sp³-hybridized carbons (Fsp3) is 0.304. The van der Waals surface area contributed by atoms with Gasteiger partial charge in [0.05, 0.1) is 17.1 Å². The number of benzene rings is 2. The van der Waals surface area contributed by atoms with Crippen molar-refractivity contribution in [3.8, 4) is 11.4 Å². The lowest BCUT2D eigenvalue weighted by atomic mass is 9.97. The number of likely N-dealkylation sites (tertiary alicyclic amines) is 1. The second kappa shape index (κ2) is 7.86. The van der Waals surface area contributed by atoms with Gasteiger partial charge in [0, 0.05) is 31.6 Å². The molecule has 1 fully saturated rings. The van der Waals surface area contributed by atoms with E-state index in [9.17, 15) is 4.79 Å². The normalized spacial score (nSPS) is 14.8. The van der Waals surface area contributed by atoms with E-state index in [2.05, 4.69) is 16.1 Å². The number of para-hydroxylation sites is 1. The number of carbonyl (C=O) groups excluding carboxylic acids is 1. The van der Waals surface area contributed by atoms with Crippen LogP contribution in [0.1, 0.15) is 30.3 Å². The Bertz CT molecular complexity index is 1220. The van der Waals surface area contributed by atoms with Crippen LogP contribution in [0.5, 0.6) is 5.75 Å². The molecule has 8 heteroatoms. The van der Waals surface area contributed by atoms with Crippen LogP contribution in [0.15, 0.2) is 59.4 Å². The largest absolute Gasteiger partial charge is 0.415 e. The molecule has 4 aromatic rings. The minimum absolute atomic E-state index is 0.171. The van der Waals surface area contributed by atoms with Gasteiger partial charge < -0.3 is 9.64 Å². The lowest BCUT2D eigenvalue weighted by Gasteiger charge is -2.28. The van der Waals surface area contributed by atoms with Crippen molar-refractivity contribution in [2.45, 2.75) is 25.7 Å². The van der Waals surface area contributed by atoms with Crippen LogP contribution in [0.3, 0.4) is 0 Å². The van der Waals surface area contributed by atoms with Gasteiger partial charge in [-0.25, -0.2) is 4.79 Å². The smallest absolute Gasteiger partial charge is 0.410 e. The SMILES string of the molecule is Cc1nn(C)c2cc(-[n+]3cnc(C4CCN(C(=O)Oc5ccccc5)CC4)o3)ccc12. The Morgan fingerprint density at radius 2 is 1.94 bits per heavy atom. The summed E-state index contributed by atoms with van der Waals surface area (Å²) in [6.07, 6.45) is 2.96. The number of rotatable bonds is 3. The second-order valence-electron chi connectivity index (χ2n) is 7.85. The van der Waals surface area contributed by atoms with E-state index < -0.39 is 0 Å². The number of nitrogens with zero attached hydrogens (tertiary/aromatic N) is 5. The maximum absolute atomic E-state index is 12.4. The Kier molecular flexibility index (Phi) is 4.89. The minimum Gasteiger partial charge on any atom is -0.410 e. The first-order valence-corrected chi connectivity index (χ1v) is 10.4. The third kappa shape index (κ3) is 3.76. The van der Waals surface area contributed by atoms with Crippen LogP contribution in [-0.2, 0) is 7.05 Å². The average molecular weight is 418 g/mol. The summed E-state index contributed by atoms with van der Waals surface area (Å²) in [5.41, 5.74) is 2.95. The molecule has 0 aliphatic carbocycles. The van der Waals surface area contributed by atoms with Gasteiger partial charge in [-0.1, -0.05) is 18.2 Å². The molecule has 8 nitrogen and oxygen atoms in total. The Morgan fingerprint density at radius 1 is 1.16 bits per heavy atom. The van der Waals surface area contributed by atoms with Gasteiger partial charge in [-0.2, -0.15) is 5.10 Å². The summed E-state index contributed by atoms with van der Waals surface area (Å²) in [7, 11) is 1.94. The Morgan fingerprint density at radius 3 is 2.71 bits per heavy atom. The highest BCUT2D eigenvalue weighted by Gasteiger charge is 2.31.